The minimum absolute atomic E-state index is 0.0145. The summed E-state index contributed by atoms with van der Waals surface area (Å²) in [5, 5.41) is 10.8. The zero-order chi connectivity index (χ0) is 21.4. The lowest BCUT2D eigenvalue weighted by Crippen LogP contribution is -2.59. The van der Waals surface area contributed by atoms with Gasteiger partial charge in [0.05, 0.1) is 22.7 Å². The van der Waals surface area contributed by atoms with Gasteiger partial charge in [-0.3, -0.25) is 5.32 Å². The monoisotopic (exact) mass is 435 g/mol. The molecule has 2 aliphatic rings. The van der Waals surface area contributed by atoms with E-state index >= 15 is 0 Å². The summed E-state index contributed by atoms with van der Waals surface area (Å²) in [5.41, 5.74) is 1.08. The van der Waals surface area contributed by atoms with Gasteiger partial charge in [-0.25, -0.2) is 22.3 Å². The topological polar surface area (TPSA) is 97.2 Å². The summed E-state index contributed by atoms with van der Waals surface area (Å²) in [4.78, 5) is 14.4. The molecule has 30 heavy (non-hydrogen) atoms. The molecule has 0 atom stereocenters. The number of amides is 2. The number of hydrogen-bond acceptors (Lipinski definition) is 5. The van der Waals surface area contributed by atoms with Crippen LogP contribution in [0.1, 0.15) is 43.4 Å². The van der Waals surface area contributed by atoms with Gasteiger partial charge in [-0.15, -0.1) is 5.10 Å². The first kappa shape index (κ1) is 20.8. The summed E-state index contributed by atoms with van der Waals surface area (Å²) in [6, 6.07) is 6.05. The van der Waals surface area contributed by atoms with Crippen LogP contribution in [-0.4, -0.2) is 57.9 Å². The number of urea groups is 1. The molecule has 2 amide bonds. The molecular weight excluding hydrogens is 409 g/mol. The van der Waals surface area contributed by atoms with E-state index in [1.54, 1.807) is 30.0 Å². The van der Waals surface area contributed by atoms with Crippen LogP contribution in [0.2, 0.25) is 0 Å². The van der Waals surface area contributed by atoms with Gasteiger partial charge >= 0.3 is 6.03 Å². The zero-order valence-electron chi connectivity index (χ0n) is 17.0. The second kappa shape index (κ2) is 7.98. The highest BCUT2D eigenvalue weighted by atomic mass is 32.2. The maximum Gasteiger partial charge on any atom is 0.323 e. The van der Waals surface area contributed by atoms with E-state index in [9.17, 15) is 17.6 Å². The maximum absolute atomic E-state index is 13.9. The maximum atomic E-state index is 13.9. The number of halogens is 1. The van der Waals surface area contributed by atoms with Gasteiger partial charge in [0.1, 0.15) is 5.82 Å². The predicted molar refractivity (Wildman–Crippen MR) is 110 cm³/mol. The third-order valence-electron chi connectivity index (χ3n) is 6.31. The van der Waals surface area contributed by atoms with Crippen molar-refractivity contribution in [3.8, 4) is 0 Å². The van der Waals surface area contributed by atoms with Crippen LogP contribution in [0.15, 0.2) is 24.3 Å². The SMILES string of the molecule is Cc1c(NC(=O)N2CCS(=O)(=O)C3(CCCCC3)C2)nnn1Cc1ccccc1F. The van der Waals surface area contributed by atoms with Crippen molar-refractivity contribution in [2.45, 2.75) is 50.3 Å². The molecule has 2 aromatic rings. The highest BCUT2D eigenvalue weighted by Crippen LogP contribution is 2.38. The van der Waals surface area contributed by atoms with Crippen LogP contribution in [0.3, 0.4) is 0 Å². The van der Waals surface area contributed by atoms with E-state index in [4.69, 9.17) is 0 Å². The largest absolute Gasteiger partial charge is 0.323 e. The molecule has 2 fully saturated rings. The molecule has 0 radical (unpaired) electrons. The van der Waals surface area contributed by atoms with Crippen LogP contribution in [-0.2, 0) is 16.4 Å². The number of hydrogen-bond donors (Lipinski definition) is 1. The molecule has 1 spiro atoms. The quantitative estimate of drug-likeness (QED) is 0.800. The van der Waals surface area contributed by atoms with Gasteiger partial charge in [-0.1, -0.05) is 42.7 Å². The number of aromatic nitrogens is 3. The standard InChI is InChI=1S/C20H26FN5O3S/c1-15-18(23-24-26(15)13-16-7-3-4-8-17(16)21)22-19(27)25-11-12-30(28,29)20(14-25)9-5-2-6-10-20/h3-4,7-8H,2,5-6,9-14H2,1H3,(H,22,27). The number of benzene rings is 1. The third-order valence-corrected chi connectivity index (χ3v) is 8.88. The molecule has 1 N–H and O–H groups in total. The Morgan fingerprint density at radius 3 is 2.70 bits per heavy atom. The average Bonchev–Trinajstić information content (AvgIpc) is 3.06. The van der Waals surface area contributed by atoms with Gasteiger partial charge in [0.15, 0.2) is 15.7 Å². The van der Waals surface area contributed by atoms with Gasteiger partial charge < -0.3 is 4.90 Å². The molecule has 8 nitrogen and oxygen atoms in total. The summed E-state index contributed by atoms with van der Waals surface area (Å²) in [6.07, 6.45) is 4.00. The summed E-state index contributed by atoms with van der Waals surface area (Å²) in [6.45, 7) is 2.33. The molecule has 1 saturated heterocycles. The van der Waals surface area contributed by atoms with Crippen molar-refractivity contribution < 1.29 is 17.6 Å². The van der Waals surface area contributed by atoms with Crippen molar-refractivity contribution in [2.24, 2.45) is 0 Å². The van der Waals surface area contributed by atoms with Crippen molar-refractivity contribution >= 4 is 21.7 Å². The molecular formula is C20H26FN5O3S. The number of sulfone groups is 1. The van der Waals surface area contributed by atoms with Crippen LogP contribution < -0.4 is 5.32 Å². The first-order valence-electron chi connectivity index (χ1n) is 10.2. The van der Waals surface area contributed by atoms with Crippen molar-refractivity contribution in [3.05, 3.63) is 41.3 Å². The van der Waals surface area contributed by atoms with Crippen molar-refractivity contribution in [1.29, 1.82) is 0 Å². The van der Waals surface area contributed by atoms with Crippen LogP contribution >= 0.6 is 0 Å². The highest BCUT2D eigenvalue weighted by molar-refractivity contribution is 7.92. The second-order valence-electron chi connectivity index (χ2n) is 8.19. The summed E-state index contributed by atoms with van der Waals surface area (Å²) in [7, 11) is -3.22. The lowest BCUT2D eigenvalue weighted by molar-refractivity contribution is 0.193. The molecule has 1 aliphatic heterocycles. The summed E-state index contributed by atoms with van der Waals surface area (Å²) in [5.74, 6) is -0.0490. The number of nitrogens with one attached hydrogen (secondary N) is 1. The van der Waals surface area contributed by atoms with E-state index in [2.05, 4.69) is 15.6 Å². The smallest absolute Gasteiger partial charge is 0.322 e. The zero-order valence-corrected chi connectivity index (χ0v) is 17.8. The van der Waals surface area contributed by atoms with E-state index < -0.39 is 14.6 Å². The van der Waals surface area contributed by atoms with Gasteiger partial charge in [-0.2, -0.15) is 0 Å². The van der Waals surface area contributed by atoms with E-state index in [0.717, 1.165) is 19.3 Å². The molecule has 1 aliphatic carbocycles. The lowest BCUT2D eigenvalue weighted by Gasteiger charge is -2.44. The van der Waals surface area contributed by atoms with Gasteiger partial charge in [0.2, 0.25) is 0 Å². The minimum atomic E-state index is -3.22. The molecule has 10 heteroatoms. The van der Waals surface area contributed by atoms with Crippen molar-refractivity contribution in [1.82, 2.24) is 19.9 Å². The van der Waals surface area contributed by atoms with Gasteiger partial charge in [-0.05, 0) is 25.8 Å². The predicted octanol–water partition coefficient (Wildman–Crippen LogP) is 2.74. The summed E-state index contributed by atoms with van der Waals surface area (Å²) >= 11 is 0. The van der Waals surface area contributed by atoms with Crippen LogP contribution in [0.4, 0.5) is 15.0 Å². The van der Waals surface area contributed by atoms with E-state index in [1.165, 1.54) is 10.7 Å². The minimum Gasteiger partial charge on any atom is -0.322 e. The van der Waals surface area contributed by atoms with Crippen LogP contribution in [0.5, 0.6) is 0 Å². The fourth-order valence-electron chi connectivity index (χ4n) is 4.41. The Hall–Kier alpha value is -2.49. The number of carbonyl (C=O) groups excluding carboxylic acids is 1. The molecule has 4 rings (SSSR count). The molecule has 0 bridgehead atoms. The number of nitrogens with zero attached hydrogens (tertiary/aromatic N) is 4. The first-order valence-corrected chi connectivity index (χ1v) is 11.9. The van der Waals surface area contributed by atoms with Gasteiger partial charge in [0, 0.05) is 18.7 Å². The molecule has 162 valence electrons. The van der Waals surface area contributed by atoms with E-state index in [1.807, 2.05) is 0 Å². The van der Waals surface area contributed by atoms with Crippen LogP contribution in [0, 0.1) is 12.7 Å². The molecule has 1 aromatic heterocycles. The Bertz CT molecular complexity index is 1050. The average molecular weight is 436 g/mol. The fourth-order valence-corrected chi connectivity index (χ4v) is 6.56. The van der Waals surface area contributed by atoms with Crippen LogP contribution in [0.25, 0.3) is 0 Å². The van der Waals surface area contributed by atoms with Crippen molar-refractivity contribution in [3.63, 3.8) is 0 Å². The lowest BCUT2D eigenvalue weighted by atomic mass is 9.87. The van der Waals surface area contributed by atoms with E-state index in [0.29, 0.717) is 29.9 Å². The Balaban J connectivity index is 1.47. The summed E-state index contributed by atoms with van der Waals surface area (Å²) < 4.78 is 40.1. The normalized spacial score (nSPS) is 20.3. The molecule has 1 saturated carbocycles. The first-order chi connectivity index (χ1) is 14.3. The molecule has 2 heterocycles. The Labute approximate surface area is 175 Å². The number of rotatable bonds is 3. The molecule has 1 aromatic carbocycles. The highest BCUT2D eigenvalue weighted by Gasteiger charge is 2.49. The third kappa shape index (κ3) is 3.80. The Morgan fingerprint density at radius 1 is 1.23 bits per heavy atom. The fraction of sp³-hybridized carbons (Fsp3) is 0.550. The van der Waals surface area contributed by atoms with Gasteiger partial charge in [0.25, 0.3) is 0 Å². The Morgan fingerprint density at radius 2 is 1.97 bits per heavy atom. The number of anilines is 1. The Kier molecular flexibility index (Phi) is 5.52. The van der Waals surface area contributed by atoms with E-state index in [-0.39, 0.29) is 37.2 Å². The van der Waals surface area contributed by atoms with Crippen molar-refractivity contribution in [2.75, 3.05) is 24.2 Å². The number of carbonyl (C=O) groups is 1. The molecule has 0 unspecified atom stereocenters. The second-order valence-corrected chi connectivity index (χ2v) is 10.7.